The number of benzene rings is 1. The number of hydrogen-bond acceptors (Lipinski definition) is 4. The van der Waals surface area contributed by atoms with Gasteiger partial charge in [-0.05, 0) is 17.7 Å². The molecule has 0 aromatic heterocycles. The maximum atomic E-state index is 11.7. The van der Waals surface area contributed by atoms with Crippen molar-refractivity contribution in [2.24, 2.45) is 5.92 Å². The number of rotatable bonds is 3. The van der Waals surface area contributed by atoms with Gasteiger partial charge in [-0.25, -0.2) is 0 Å². The molecule has 1 aromatic rings. The van der Waals surface area contributed by atoms with Crippen molar-refractivity contribution in [2.45, 2.75) is 13.0 Å². The minimum absolute atomic E-state index is 0. The van der Waals surface area contributed by atoms with Crippen molar-refractivity contribution in [1.29, 1.82) is 0 Å². The van der Waals surface area contributed by atoms with E-state index in [-0.39, 0.29) is 24.2 Å². The molecule has 0 saturated carbocycles. The number of fused-ring (bicyclic) bond motifs is 1. The molecule has 1 aromatic carbocycles. The van der Waals surface area contributed by atoms with E-state index in [1.165, 1.54) is 0 Å². The van der Waals surface area contributed by atoms with Crippen LogP contribution in [0.25, 0.3) is 0 Å². The lowest BCUT2D eigenvalue weighted by Gasteiger charge is -2.25. The lowest BCUT2D eigenvalue weighted by atomic mass is 10.0. The topological polar surface area (TPSA) is 59.6 Å². The van der Waals surface area contributed by atoms with Crippen LogP contribution in [0.4, 0.5) is 0 Å². The molecular formula is C14H19ClN2O3. The van der Waals surface area contributed by atoms with Crippen molar-refractivity contribution in [3.8, 4) is 11.5 Å². The predicted octanol–water partition coefficient (Wildman–Crippen LogP) is 1.11. The van der Waals surface area contributed by atoms with E-state index in [4.69, 9.17) is 9.47 Å². The van der Waals surface area contributed by atoms with E-state index < -0.39 is 0 Å². The van der Waals surface area contributed by atoms with Gasteiger partial charge in [0.2, 0.25) is 5.91 Å². The number of ether oxygens (including phenoxy) is 2. The maximum Gasteiger partial charge on any atom is 0.225 e. The number of hydrogen-bond donors (Lipinski definition) is 2. The van der Waals surface area contributed by atoms with Crippen molar-refractivity contribution in [2.75, 3.05) is 26.3 Å². The molecule has 0 radical (unpaired) electrons. The molecule has 2 N–H and O–H groups in total. The highest BCUT2D eigenvalue weighted by molar-refractivity contribution is 5.85. The molecule has 6 heteroatoms. The first-order valence-electron chi connectivity index (χ1n) is 6.70. The monoisotopic (exact) mass is 298 g/mol. The molecule has 5 nitrogen and oxygen atoms in total. The van der Waals surface area contributed by atoms with Crippen molar-refractivity contribution in [3.63, 3.8) is 0 Å². The summed E-state index contributed by atoms with van der Waals surface area (Å²) in [5.41, 5.74) is 1.03. The minimum Gasteiger partial charge on any atom is -0.490 e. The Labute approximate surface area is 124 Å². The maximum absolute atomic E-state index is 11.7. The van der Waals surface area contributed by atoms with Crippen LogP contribution in [-0.4, -0.2) is 32.2 Å². The average molecular weight is 299 g/mol. The third-order valence-electron chi connectivity index (χ3n) is 3.43. The van der Waals surface area contributed by atoms with E-state index in [9.17, 15) is 4.79 Å². The Bertz CT molecular complexity index is 477. The van der Waals surface area contributed by atoms with Crippen LogP contribution in [0.2, 0.25) is 0 Å². The van der Waals surface area contributed by atoms with Gasteiger partial charge in [0.25, 0.3) is 0 Å². The largest absolute Gasteiger partial charge is 0.490 e. The first-order valence-corrected chi connectivity index (χ1v) is 6.70. The van der Waals surface area contributed by atoms with Crippen LogP contribution >= 0.6 is 12.4 Å². The molecule has 1 amide bonds. The molecule has 0 aliphatic carbocycles. The first-order chi connectivity index (χ1) is 9.33. The smallest absolute Gasteiger partial charge is 0.225 e. The van der Waals surface area contributed by atoms with E-state index in [0.29, 0.717) is 19.8 Å². The number of halogens is 1. The molecule has 0 unspecified atom stereocenters. The summed E-state index contributed by atoms with van der Waals surface area (Å²) < 4.78 is 11.2. The second-order valence-electron chi connectivity index (χ2n) is 4.90. The van der Waals surface area contributed by atoms with E-state index in [1.807, 2.05) is 18.2 Å². The lowest BCUT2D eigenvalue weighted by molar-refractivity contribution is -0.126. The Morgan fingerprint density at radius 3 is 2.70 bits per heavy atom. The molecule has 110 valence electrons. The summed E-state index contributed by atoms with van der Waals surface area (Å²) in [6.07, 6.45) is 0.898. The Balaban J connectivity index is 0.00000147. The summed E-state index contributed by atoms with van der Waals surface area (Å²) >= 11 is 0. The van der Waals surface area contributed by atoms with Crippen LogP contribution in [0.3, 0.4) is 0 Å². The van der Waals surface area contributed by atoms with E-state index in [2.05, 4.69) is 10.6 Å². The van der Waals surface area contributed by atoms with Crippen LogP contribution in [0.5, 0.6) is 11.5 Å². The number of carbonyl (C=O) groups is 1. The van der Waals surface area contributed by atoms with Gasteiger partial charge < -0.3 is 20.1 Å². The zero-order chi connectivity index (χ0) is 13.1. The summed E-state index contributed by atoms with van der Waals surface area (Å²) in [6, 6.07) is 5.82. The van der Waals surface area contributed by atoms with Gasteiger partial charge in [0.1, 0.15) is 0 Å². The third-order valence-corrected chi connectivity index (χ3v) is 3.43. The highest BCUT2D eigenvalue weighted by Gasteiger charge is 2.24. The summed E-state index contributed by atoms with van der Waals surface area (Å²) in [5.74, 6) is 1.80. The molecule has 2 heterocycles. The van der Waals surface area contributed by atoms with Crippen LogP contribution in [0.15, 0.2) is 18.2 Å². The van der Waals surface area contributed by atoms with Crippen molar-refractivity contribution >= 4 is 18.3 Å². The van der Waals surface area contributed by atoms with E-state index >= 15 is 0 Å². The molecular weight excluding hydrogens is 280 g/mol. The van der Waals surface area contributed by atoms with E-state index in [0.717, 1.165) is 36.6 Å². The van der Waals surface area contributed by atoms with Crippen LogP contribution in [0, 0.1) is 5.92 Å². The van der Waals surface area contributed by atoms with Gasteiger partial charge in [-0.1, -0.05) is 6.07 Å². The van der Waals surface area contributed by atoms with Crippen LogP contribution in [-0.2, 0) is 11.3 Å². The fourth-order valence-electron chi connectivity index (χ4n) is 2.13. The lowest BCUT2D eigenvalue weighted by Crippen LogP contribution is -2.50. The Hall–Kier alpha value is -1.46. The van der Waals surface area contributed by atoms with Crippen molar-refractivity contribution in [1.82, 2.24) is 10.6 Å². The molecule has 2 aliphatic rings. The van der Waals surface area contributed by atoms with Gasteiger partial charge in [-0.15, -0.1) is 12.4 Å². The van der Waals surface area contributed by atoms with Gasteiger partial charge >= 0.3 is 0 Å². The predicted molar refractivity (Wildman–Crippen MR) is 77.5 cm³/mol. The van der Waals surface area contributed by atoms with Gasteiger partial charge in [-0.2, -0.15) is 0 Å². The zero-order valence-corrected chi connectivity index (χ0v) is 12.0. The number of nitrogens with one attached hydrogen (secondary N) is 2. The molecule has 1 fully saturated rings. The summed E-state index contributed by atoms with van der Waals surface area (Å²) in [5, 5.41) is 6.04. The van der Waals surface area contributed by atoms with Crippen LogP contribution < -0.4 is 20.1 Å². The first kappa shape index (κ1) is 14.9. The van der Waals surface area contributed by atoms with Gasteiger partial charge in [-0.3, -0.25) is 4.79 Å². The molecule has 0 bridgehead atoms. The van der Waals surface area contributed by atoms with Crippen molar-refractivity contribution < 1.29 is 14.3 Å². The fourth-order valence-corrected chi connectivity index (χ4v) is 2.13. The van der Waals surface area contributed by atoms with Gasteiger partial charge in [0.05, 0.1) is 19.1 Å². The zero-order valence-electron chi connectivity index (χ0n) is 11.2. The summed E-state index contributed by atoms with van der Waals surface area (Å²) in [7, 11) is 0. The van der Waals surface area contributed by atoms with Crippen molar-refractivity contribution in [3.05, 3.63) is 23.8 Å². The normalized spacial score (nSPS) is 17.4. The summed E-state index contributed by atoms with van der Waals surface area (Å²) in [4.78, 5) is 11.7. The molecule has 0 spiro atoms. The van der Waals surface area contributed by atoms with Gasteiger partial charge in [0, 0.05) is 26.1 Å². The summed E-state index contributed by atoms with van der Waals surface area (Å²) in [6.45, 7) is 3.47. The quantitative estimate of drug-likeness (QED) is 0.877. The number of amides is 1. The molecule has 1 saturated heterocycles. The van der Waals surface area contributed by atoms with E-state index in [1.54, 1.807) is 0 Å². The molecule has 20 heavy (non-hydrogen) atoms. The molecule has 2 aliphatic heterocycles. The fraction of sp³-hybridized carbons (Fsp3) is 0.500. The van der Waals surface area contributed by atoms with Crippen LogP contribution in [0.1, 0.15) is 12.0 Å². The second-order valence-corrected chi connectivity index (χ2v) is 4.90. The highest BCUT2D eigenvalue weighted by Crippen LogP contribution is 2.30. The Kier molecular flexibility index (Phi) is 5.09. The minimum atomic E-state index is 0. The SMILES string of the molecule is Cl.O=C(NCc1ccc2c(c1)OCCCO2)C1CNC1. The standard InChI is InChI=1S/C14H18N2O3.ClH/c17-14(11-8-15-9-11)16-7-10-2-3-12-13(6-10)19-5-1-4-18-12;/h2-3,6,11,15H,1,4-5,7-9H2,(H,16,17);1H. The highest BCUT2D eigenvalue weighted by atomic mass is 35.5. The Morgan fingerprint density at radius 2 is 2.00 bits per heavy atom. The third kappa shape index (κ3) is 3.35. The van der Waals surface area contributed by atoms with Gasteiger partial charge in [0.15, 0.2) is 11.5 Å². The molecule has 3 rings (SSSR count). The second kappa shape index (κ2) is 6.81. The average Bonchev–Trinajstić information content (AvgIpc) is 2.58. The number of carbonyl (C=O) groups excluding carboxylic acids is 1. The Morgan fingerprint density at radius 1 is 1.25 bits per heavy atom. The molecule has 0 atom stereocenters.